The Morgan fingerprint density at radius 2 is 2.00 bits per heavy atom. The van der Waals surface area contributed by atoms with Gasteiger partial charge >= 0.3 is 0 Å². The zero-order valence-corrected chi connectivity index (χ0v) is 13.1. The average molecular weight is 300 g/mol. The molecular formula is C13H24N4O2S. The van der Waals surface area contributed by atoms with Gasteiger partial charge in [-0.2, -0.15) is 11.8 Å². The van der Waals surface area contributed by atoms with Crippen LogP contribution in [0.1, 0.15) is 13.3 Å². The second-order valence-corrected chi connectivity index (χ2v) is 6.53. The number of piperazine rings is 1. The molecule has 0 spiro atoms. The van der Waals surface area contributed by atoms with Gasteiger partial charge in [0.05, 0.1) is 5.60 Å². The Kier molecular flexibility index (Phi) is 5.15. The van der Waals surface area contributed by atoms with E-state index in [2.05, 4.69) is 15.2 Å². The highest BCUT2D eigenvalue weighted by Gasteiger charge is 2.32. The van der Waals surface area contributed by atoms with E-state index in [1.165, 1.54) is 0 Å². The first-order chi connectivity index (χ1) is 9.54. The highest BCUT2D eigenvalue weighted by atomic mass is 32.2. The molecule has 0 aromatic carbocycles. The van der Waals surface area contributed by atoms with Gasteiger partial charge in [-0.1, -0.05) is 0 Å². The number of aliphatic imine (C=N–C) groups is 1. The molecule has 2 N–H and O–H groups in total. The highest BCUT2D eigenvalue weighted by molar-refractivity contribution is 7.99. The molecule has 2 saturated heterocycles. The Labute approximate surface area is 124 Å². The molecule has 0 aromatic heterocycles. The maximum Gasteiger partial charge on any atom is 0.219 e. The normalized spacial score (nSPS) is 27.9. The van der Waals surface area contributed by atoms with Gasteiger partial charge in [-0.05, 0) is 12.2 Å². The zero-order chi connectivity index (χ0) is 14.6. The summed E-state index contributed by atoms with van der Waals surface area (Å²) in [6, 6.07) is 0. The van der Waals surface area contributed by atoms with Crippen LogP contribution in [-0.2, 0) is 4.79 Å². The van der Waals surface area contributed by atoms with Gasteiger partial charge in [0.15, 0.2) is 5.96 Å². The molecule has 0 radical (unpaired) electrons. The van der Waals surface area contributed by atoms with E-state index >= 15 is 0 Å². The maximum absolute atomic E-state index is 11.3. The van der Waals surface area contributed by atoms with Crippen molar-refractivity contribution in [2.24, 2.45) is 4.99 Å². The monoisotopic (exact) mass is 300 g/mol. The Hall–Kier alpha value is -0.950. The van der Waals surface area contributed by atoms with Crippen molar-refractivity contribution < 1.29 is 9.90 Å². The van der Waals surface area contributed by atoms with Crippen LogP contribution in [-0.4, -0.2) is 83.7 Å². The lowest BCUT2D eigenvalue weighted by atomic mass is 10.0. The van der Waals surface area contributed by atoms with Gasteiger partial charge in [0.1, 0.15) is 0 Å². The Balaban J connectivity index is 1.82. The van der Waals surface area contributed by atoms with Gasteiger partial charge in [0.25, 0.3) is 0 Å². The lowest BCUT2D eigenvalue weighted by molar-refractivity contribution is -0.130. The minimum atomic E-state index is -0.609. The first-order valence-corrected chi connectivity index (χ1v) is 8.21. The number of nitrogens with zero attached hydrogens (tertiary/aromatic N) is 3. The minimum Gasteiger partial charge on any atom is -0.387 e. The summed E-state index contributed by atoms with van der Waals surface area (Å²) in [5, 5.41) is 13.6. The predicted octanol–water partition coefficient (Wildman–Crippen LogP) is -0.406. The van der Waals surface area contributed by atoms with Gasteiger partial charge in [-0.15, -0.1) is 0 Å². The van der Waals surface area contributed by atoms with E-state index in [1.807, 2.05) is 4.90 Å². The summed E-state index contributed by atoms with van der Waals surface area (Å²) in [6.45, 7) is 5.18. The van der Waals surface area contributed by atoms with E-state index in [0.717, 1.165) is 50.1 Å². The number of hydrogen-bond donors (Lipinski definition) is 2. The van der Waals surface area contributed by atoms with Crippen molar-refractivity contribution in [3.05, 3.63) is 0 Å². The van der Waals surface area contributed by atoms with E-state index in [9.17, 15) is 9.90 Å². The van der Waals surface area contributed by atoms with Crippen LogP contribution in [0.25, 0.3) is 0 Å². The number of nitrogens with one attached hydrogen (secondary N) is 1. The molecular weight excluding hydrogens is 276 g/mol. The van der Waals surface area contributed by atoms with Crippen molar-refractivity contribution in [3.8, 4) is 0 Å². The minimum absolute atomic E-state index is 0.130. The molecule has 2 aliphatic heterocycles. The Morgan fingerprint density at radius 3 is 2.50 bits per heavy atom. The molecule has 7 heteroatoms. The molecule has 1 unspecified atom stereocenters. The van der Waals surface area contributed by atoms with Crippen LogP contribution in [0.5, 0.6) is 0 Å². The lowest BCUT2D eigenvalue weighted by Gasteiger charge is -2.36. The molecule has 0 aromatic rings. The molecule has 20 heavy (non-hydrogen) atoms. The first kappa shape index (κ1) is 15.4. The number of amides is 1. The van der Waals surface area contributed by atoms with E-state index in [0.29, 0.717) is 6.54 Å². The fourth-order valence-electron chi connectivity index (χ4n) is 2.54. The zero-order valence-electron chi connectivity index (χ0n) is 12.3. The van der Waals surface area contributed by atoms with Crippen molar-refractivity contribution in [3.63, 3.8) is 0 Å². The summed E-state index contributed by atoms with van der Waals surface area (Å²) in [6.07, 6.45) is 0.833. The topological polar surface area (TPSA) is 68.2 Å². The van der Waals surface area contributed by atoms with Crippen LogP contribution in [0.15, 0.2) is 4.99 Å². The first-order valence-electron chi connectivity index (χ1n) is 7.05. The lowest BCUT2D eigenvalue weighted by Crippen LogP contribution is -2.55. The SMILES string of the molecule is CN=C(NCC1(O)CCSC1)N1CCN(C(C)=O)CC1. The maximum atomic E-state index is 11.3. The average Bonchev–Trinajstić information content (AvgIpc) is 2.87. The molecule has 0 saturated carbocycles. The second kappa shape index (κ2) is 6.67. The van der Waals surface area contributed by atoms with E-state index in [-0.39, 0.29) is 5.91 Å². The van der Waals surface area contributed by atoms with Gasteiger partial charge in [-0.3, -0.25) is 9.79 Å². The van der Waals surface area contributed by atoms with Gasteiger partial charge in [-0.25, -0.2) is 0 Å². The van der Waals surface area contributed by atoms with Crippen molar-refractivity contribution in [1.82, 2.24) is 15.1 Å². The molecule has 114 valence electrons. The number of carbonyl (C=O) groups excluding carboxylic acids is 1. The summed E-state index contributed by atoms with van der Waals surface area (Å²) in [5.41, 5.74) is -0.609. The third kappa shape index (κ3) is 3.79. The van der Waals surface area contributed by atoms with Gasteiger partial charge < -0.3 is 20.2 Å². The number of thioether (sulfide) groups is 1. The van der Waals surface area contributed by atoms with Gasteiger partial charge in [0.2, 0.25) is 5.91 Å². The summed E-state index contributed by atoms with van der Waals surface area (Å²) in [7, 11) is 1.76. The van der Waals surface area contributed by atoms with Crippen LogP contribution in [0, 0.1) is 0 Å². The molecule has 0 bridgehead atoms. The quantitative estimate of drug-likeness (QED) is 0.536. The van der Waals surface area contributed by atoms with E-state index in [4.69, 9.17) is 0 Å². The van der Waals surface area contributed by atoms with E-state index < -0.39 is 5.60 Å². The fourth-order valence-corrected chi connectivity index (χ4v) is 3.84. The van der Waals surface area contributed by atoms with E-state index in [1.54, 1.807) is 25.7 Å². The van der Waals surface area contributed by atoms with Crippen LogP contribution >= 0.6 is 11.8 Å². The number of hydrogen-bond acceptors (Lipinski definition) is 4. The number of carbonyl (C=O) groups is 1. The number of aliphatic hydroxyl groups is 1. The summed E-state index contributed by atoms with van der Waals surface area (Å²) in [4.78, 5) is 19.6. The van der Waals surface area contributed by atoms with Crippen LogP contribution in [0.4, 0.5) is 0 Å². The molecule has 2 heterocycles. The molecule has 0 aliphatic carbocycles. The standard InChI is InChI=1S/C13H24N4O2S/c1-11(18)16-4-6-17(7-5-16)12(14-2)15-9-13(19)3-8-20-10-13/h19H,3-10H2,1-2H3,(H,14,15). The van der Waals surface area contributed by atoms with Crippen molar-refractivity contribution in [2.75, 3.05) is 51.3 Å². The Bertz CT molecular complexity index is 375. The fraction of sp³-hybridized carbons (Fsp3) is 0.846. The summed E-state index contributed by atoms with van der Waals surface area (Å²) < 4.78 is 0. The summed E-state index contributed by atoms with van der Waals surface area (Å²) in [5.74, 6) is 2.76. The number of guanidine groups is 1. The van der Waals surface area contributed by atoms with Crippen LogP contribution < -0.4 is 5.32 Å². The highest BCUT2D eigenvalue weighted by Crippen LogP contribution is 2.26. The van der Waals surface area contributed by atoms with Gasteiger partial charge in [0, 0.05) is 52.4 Å². The van der Waals surface area contributed by atoms with Crippen molar-refractivity contribution >= 4 is 23.6 Å². The third-order valence-electron chi connectivity index (χ3n) is 3.89. The largest absolute Gasteiger partial charge is 0.387 e. The molecule has 2 rings (SSSR count). The molecule has 2 aliphatic rings. The van der Waals surface area contributed by atoms with Crippen LogP contribution in [0.3, 0.4) is 0 Å². The molecule has 1 atom stereocenters. The third-order valence-corrected chi connectivity index (χ3v) is 5.13. The van der Waals surface area contributed by atoms with Crippen molar-refractivity contribution in [2.45, 2.75) is 18.9 Å². The molecule has 1 amide bonds. The van der Waals surface area contributed by atoms with Crippen LogP contribution in [0.2, 0.25) is 0 Å². The number of rotatable bonds is 2. The molecule has 2 fully saturated rings. The van der Waals surface area contributed by atoms with Crippen molar-refractivity contribution in [1.29, 1.82) is 0 Å². The predicted molar refractivity (Wildman–Crippen MR) is 82.1 cm³/mol. The smallest absolute Gasteiger partial charge is 0.219 e. The second-order valence-electron chi connectivity index (χ2n) is 5.42. The Morgan fingerprint density at radius 1 is 1.35 bits per heavy atom. The molecule has 6 nitrogen and oxygen atoms in total. The summed E-state index contributed by atoms with van der Waals surface area (Å²) >= 11 is 1.79.